The molecule has 0 saturated carbocycles. The van der Waals surface area contributed by atoms with Crippen molar-refractivity contribution in [3.05, 3.63) is 0 Å². The van der Waals surface area contributed by atoms with E-state index in [0.717, 1.165) is 0 Å². The van der Waals surface area contributed by atoms with Crippen molar-refractivity contribution in [3.8, 4) is 0 Å². The van der Waals surface area contributed by atoms with Crippen molar-refractivity contribution in [1.82, 2.24) is 0 Å². The van der Waals surface area contributed by atoms with Crippen LogP contribution in [0.5, 0.6) is 0 Å². The molecule has 0 fully saturated rings. The fourth-order valence-electron chi connectivity index (χ4n) is 0.136. The number of hydrogen-bond donors (Lipinski definition) is 0. The second-order valence-corrected chi connectivity index (χ2v) is 5.75. The molecule has 0 aliphatic carbocycles. The summed E-state index contributed by atoms with van der Waals surface area (Å²) in [4.78, 5) is 37.1. The molecule has 0 spiro atoms. The average molecular weight is 469 g/mol. The topological polar surface area (TPSA) is 179 Å². The average Bonchev–Trinajstić information content (AvgIpc) is 1.99. The normalized spacial score (nSPS) is 15.4. The Morgan fingerprint density at radius 2 is 0.833 bits per heavy atom. The molecule has 0 heterocycles. The summed E-state index contributed by atoms with van der Waals surface area (Å²) < 4.78 is 43.6. The predicted octanol–water partition coefficient (Wildman–Crippen LogP) is -1.58. The van der Waals surface area contributed by atoms with E-state index < -0.39 is 33.0 Å². The van der Waals surface area contributed by atoms with Crippen molar-refractivity contribution < 1.29 is 67.5 Å². The molecule has 0 amide bonds. The zero-order chi connectivity index (χ0) is 14.4. The first kappa shape index (κ1) is 28.2. The zero-order valence-corrected chi connectivity index (χ0v) is 15.5. The molecule has 4 atom stereocenters. The largest absolute Gasteiger partial charge is 4.00 e. The van der Waals surface area contributed by atoms with Crippen LogP contribution in [0.4, 0.5) is 0 Å². The molecule has 4 unspecified atom stereocenters. The molecule has 17 heteroatoms. The molecule has 0 aromatic rings. The van der Waals surface area contributed by atoms with Gasteiger partial charge in [0.15, 0.2) is 0 Å². The van der Waals surface area contributed by atoms with E-state index in [1.807, 2.05) is 0 Å². The van der Waals surface area contributed by atoms with Gasteiger partial charge in [0.2, 0.25) is 0 Å². The summed E-state index contributed by atoms with van der Waals surface area (Å²) in [5, 5.41) is 0.194. The van der Waals surface area contributed by atoms with Crippen LogP contribution in [0, 0.1) is 0 Å². The maximum atomic E-state index is 9.29. The molecule has 0 N–H and O–H groups in total. The summed E-state index contributed by atoms with van der Waals surface area (Å²) >= 11 is 9.53. The monoisotopic (exact) mass is 470 g/mol. The van der Waals surface area contributed by atoms with Crippen LogP contribution < -0.4 is 19.6 Å². The van der Waals surface area contributed by atoms with Gasteiger partial charge < -0.3 is 37.8 Å². The number of alkyl halides is 2. The summed E-state index contributed by atoms with van der Waals surface area (Å²) in [5.41, 5.74) is 0. The molecule has 0 saturated heterocycles. The van der Waals surface area contributed by atoms with Gasteiger partial charge in [0.1, 0.15) is 33.0 Å². The summed E-state index contributed by atoms with van der Waals surface area (Å²) in [6, 6.07) is 0. The zero-order valence-electron chi connectivity index (χ0n) is 7.95. The van der Waals surface area contributed by atoms with Gasteiger partial charge >= 0.3 is 21.1 Å². The fraction of sp³-hybridized carbons (Fsp3) is 1.00. The Morgan fingerprint density at radius 3 is 0.833 bits per heavy atom. The standard InChI is InChI=1S/CH2Cl2.Mo.2H4O5P2/c2-1-3;;2*1-6(2)5-7(3)4/h1H2;;2*6-7H,(H,1,2)(H,3,4)/q;+4;;/p-4. The molecule has 0 aromatic carbocycles. The van der Waals surface area contributed by atoms with Gasteiger partial charge in [-0.1, -0.05) is 0 Å². The van der Waals surface area contributed by atoms with Crippen LogP contribution in [0.1, 0.15) is 0 Å². The van der Waals surface area contributed by atoms with Crippen molar-refractivity contribution in [2.24, 2.45) is 0 Å². The quantitative estimate of drug-likeness (QED) is 0.265. The van der Waals surface area contributed by atoms with E-state index >= 15 is 0 Å². The molecule has 0 bridgehead atoms. The van der Waals surface area contributed by atoms with E-state index in [4.69, 9.17) is 23.2 Å². The van der Waals surface area contributed by atoms with E-state index in [1.54, 1.807) is 0 Å². The summed E-state index contributed by atoms with van der Waals surface area (Å²) in [7, 11) is -14.1. The first-order valence-corrected chi connectivity index (χ1v) is 8.95. The van der Waals surface area contributed by atoms with Gasteiger partial charge in [-0.2, -0.15) is 0 Å². The summed E-state index contributed by atoms with van der Waals surface area (Å²) in [5.74, 6) is 0. The first-order valence-electron chi connectivity index (χ1n) is 2.98. The third-order valence-electron chi connectivity index (χ3n) is 0.333. The third kappa shape index (κ3) is 52.1. The number of rotatable bonds is 4. The van der Waals surface area contributed by atoms with Crippen LogP contribution in [0.25, 0.3) is 0 Å². The van der Waals surface area contributed by atoms with Crippen molar-refractivity contribution in [1.29, 1.82) is 0 Å². The van der Waals surface area contributed by atoms with E-state index in [-0.39, 0.29) is 26.4 Å². The van der Waals surface area contributed by atoms with Gasteiger partial charge in [-0.05, 0) is 0 Å². The van der Waals surface area contributed by atoms with E-state index in [9.17, 15) is 37.8 Å². The maximum absolute atomic E-state index is 9.29. The number of halogens is 2. The van der Waals surface area contributed by atoms with Crippen LogP contribution in [0.3, 0.4) is 0 Å². The van der Waals surface area contributed by atoms with Gasteiger partial charge in [0.05, 0.1) is 5.34 Å². The van der Waals surface area contributed by atoms with Gasteiger partial charge in [0, 0.05) is 0 Å². The Kier molecular flexibility index (Phi) is 33.2. The Hall–Kier alpha value is 1.95. The second kappa shape index (κ2) is 21.3. The van der Waals surface area contributed by atoms with Gasteiger partial charge in [-0.3, -0.25) is 8.62 Å². The Labute approximate surface area is 129 Å². The minimum atomic E-state index is -3.51. The Bertz CT molecular complexity index is 223. The van der Waals surface area contributed by atoms with Crippen molar-refractivity contribution >= 4 is 56.2 Å². The molecule has 0 rings (SSSR count). The molecule has 110 valence electrons. The van der Waals surface area contributed by atoms with E-state index in [2.05, 4.69) is 8.62 Å². The smallest absolute Gasteiger partial charge is 0.781 e. The molecule has 10 nitrogen and oxygen atoms in total. The van der Waals surface area contributed by atoms with Crippen LogP contribution in [0.2, 0.25) is 0 Å². The molecule has 0 radical (unpaired) electrons. The molecular formula is CH6Cl2MoO10P4. The fourth-order valence-corrected chi connectivity index (χ4v) is 1.22. The minimum Gasteiger partial charge on any atom is -0.781 e. The number of hydrogen-bond acceptors (Lipinski definition) is 10. The molecule has 18 heavy (non-hydrogen) atoms. The van der Waals surface area contributed by atoms with Crippen molar-refractivity contribution in [2.45, 2.75) is 0 Å². The molecule has 0 aromatic heterocycles. The van der Waals surface area contributed by atoms with Crippen LogP contribution in [-0.4, -0.2) is 5.34 Å². The van der Waals surface area contributed by atoms with E-state index in [0.29, 0.717) is 0 Å². The first-order chi connectivity index (χ1) is 7.67. The molecule has 0 aliphatic rings. The Morgan fingerprint density at radius 1 is 0.722 bits per heavy atom. The SMILES string of the molecule is ClCCl.O=[PH]([O-])O[PH](=O)[O-].O=[PH]([O-])O[PH](=O)[O-].[Mo+4]. The van der Waals surface area contributed by atoms with Crippen molar-refractivity contribution in [2.75, 3.05) is 5.34 Å². The molecular weight excluding hydrogens is 463 g/mol. The third-order valence-corrected chi connectivity index (χ3v) is 3.00. The Balaban J connectivity index is -0.0000000857. The van der Waals surface area contributed by atoms with Crippen LogP contribution in [0.15, 0.2) is 0 Å². The van der Waals surface area contributed by atoms with Gasteiger partial charge in [-0.25, -0.2) is 0 Å². The van der Waals surface area contributed by atoms with Gasteiger partial charge in [-0.15, -0.1) is 23.2 Å². The summed E-state index contributed by atoms with van der Waals surface area (Å²) in [6.07, 6.45) is 0. The van der Waals surface area contributed by atoms with Crippen LogP contribution >= 0.6 is 56.2 Å². The minimum absolute atomic E-state index is 0. The van der Waals surface area contributed by atoms with Crippen LogP contribution in [-0.2, 0) is 47.9 Å². The summed E-state index contributed by atoms with van der Waals surface area (Å²) in [6.45, 7) is 0. The van der Waals surface area contributed by atoms with Crippen molar-refractivity contribution in [3.63, 3.8) is 0 Å². The van der Waals surface area contributed by atoms with Gasteiger partial charge in [0.25, 0.3) is 0 Å². The predicted molar refractivity (Wildman–Crippen MR) is 54.7 cm³/mol. The van der Waals surface area contributed by atoms with E-state index in [1.165, 1.54) is 0 Å². The molecule has 0 aliphatic heterocycles. The second-order valence-electron chi connectivity index (χ2n) is 1.31. The maximum Gasteiger partial charge on any atom is 4.00 e.